The lowest BCUT2D eigenvalue weighted by Crippen LogP contribution is -2.51. The van der Waals surface area contributed by atoms with Gasteiger partial charge in [0, 0.05) is 31.3 Å². The highest BCUT2D eigenvalue weighted by molar-refractivity contribution is 7.91. The first-order chi connectivity index (χ1) is 8.64. The van der Waals surface area contributed by atoms with Crippen molar-refractivity contribution >= 4 is 9.84 Å². The van der Waals surface area contributed by atoms with Crippen LogP contribution in [-0.4, -0.2) is 69.8 Å². The van der Waals surface area contributed by atoms with Gasteiger partial charge in [0.15, 0.2) is 9.84 Å². The van der Waals surface area contributed by atoms with Crippen LogP contribution in [-0.2, 0) is 14.6 Å². The molecule has 0 spiro atoms. The summed E-state index contributed by atoms with van der Waals surface area (Å²) >= 11 is 0. The van der Waals surface area contributed by atoms with Crippen molar-refractivity contribution in [1.82, 2.24) is 10.2 Å². The molecule has 0 saturated carbocycles. The lowest BCUT2D eigenvalue weighted by molar-refractivity contribution is 0.0817. The molecule has 1 aliphatic rings. The van der Waals surface area contributed by atoms with Crippen LogP contribution in [0.3, 0.4) is 0 Å². The van der Waals surface area contributed by atoms with Crippen molar-refractivity contribution in [2.24, 2.45) is 0 Å². The van der Waals surface area contributed by atoms with Gasteiger partial charge in [-0.15, -0.1) is 0 Å². The summed E-state index contributed by atoms with van der Waals surface area (Å²) < 4.78 is 28.4. The number of rotatable bonds is 6. The summed E-state index contributed by atoms with van der Waals surface area (Å²) in [7, 11) is 0.848. The zero-order chi connectivity index (χ0) is 14.7. The standard InChI is InChI=1S/C13H28N2O3S/c1-13(2,3)14-8-12(9-18-5)15(4)11-6-7-19(16,17)10-11/h11-12,14H,6-10H2,1-5H3. The van der Waals surface area contributed by atoms with E-state index in [0.29, 0.717) is 12.4 Å². The molecule has 1 N–H and O–H groups in total. The molecule has 0 aliphatic carbocycles. The molecule has 0 radical (unpaired) electrons. The molecule has 1 rings (SSSR count). The van der Waals surface area contributed by atoms with E-state index in [-0.39, 0.29) is 23.4 Å². The average molecular weight is 292 g/mol. The Hall–Kier alpha value is -0.170. The second-order valence-electron chi connectivity index (χ2n) is 6.46. The van der Waals surface area contributed by atoms with Gasteiger partial charge in [-0.2, -0.15) is 0 Å². The Morgan fingerprint density at radius 2 is 2.05 bits per heavy atom. The fourth-order valence-corrected chi connectivity index (χ4v) is 4.12. The SMILES string of the molecule is COCC(CNC(C)(C)C)N(C)C1CCS(=O)(=O)C1. The Kier molecular flexibility index (Phi) is 5.79. The topological polar surface area (TPSA) is 58.6 Å². The molecule has 1 aliphatic heterocycles. The van der Waals surface area contributed by atoms with E-state index < -0.39 is 9.84 Å². The summed E-state index contributed by atoms with van der Waals surface area (Å²) in [6.45, 7) is 7.77. The molecule has 1 fully saturated rings. The Labute approximate surface area is 117 Å². The van der Waals surface area contributed by atoms with E-state index in [1.807, 2.05) is 7.05 Å². The molecule has 6 heteroatoms. The van der Waals surface area contributed by atoms with Crippen LogP contribution in [0.1, 0.15) is 27.2 Å². The van der Waals surface area contributed by atoms with Gasteiger partial charge in [0.2, 0.25) is 0 Å². The molecule has 2 unspecified atom stereocenters. The van der Waals surface area contributed by atoms with Crippen molar-refractivity contribution < 1.29 is 13.2 Å². The van der Waals surface area contributed by atoms with Gasteiger partial charge in [-0.25, -0.2) is 8.42 Å². The third kappa shape index (κ3) is 5.77. The summed E-state index contributed by atoms with van der Waals surface area (Å²) in [6.07, 6.45) is 0.731. The van der Waals surface area contributed by atoms with Crippen molar-refractivity contribution in [3.05, 3.63) is 0 Å². The largest absolute Gasteiger partial charge is 0.383 e. The van der Waals surface area contributed by atoms with E-state index in [1.165, 1.54) is 0 Å². The van der Waals surface area contributed by atoms with Gasteiger partial charge in [0.25, 0.3) is 0 Å². The molecule has 0 aromatic rings. The molecular weight excluding hydrogens is 264 g/mol. The number of nitrogens with one attached hydrogen (secondary N) is 1. The molecule has 1 saturated heterocycles. The second kappa shape index (κ2) is 6.52. The first kappa shape index (κ1) is 16.9. The molecule has 0 amide bonds. The number of nitrogens with zero attached hydrogens (tertiary/aromatic N) is 1. The molecule has 0 aromatic carbocycles. The van der Waals surface area contributed by atoms with Crippen LogP contribution in [0.15, 0.2) is 0 Å². The summed E-state index contributed by atoms with van der Waals surface area (Å²) in [5.74, 6) is 0.591. The normalized spacial score (nSPS) is 24.8. The van der Waals surface area contributed by atoms with Gasteiger partial charge in [-0.1, -0.05) is 0 Å². The number of hydrogen-bond acceptors (Lipinski definition) is 5. The minimum absolute atomic E-state index is 0.0502. The minimum Gasteiger partial charge on any atom is -0.383 e. The summed E-state index contributed by atoms with van der Waals surface area (Å²) in [4.78, 5) is 2.16. The summed E-state index contributed by atoms with van der Waals surface area (Å²) in [6, 6.07) is 0.314. The van der Waals surface area contributed by atoms with Crippen molar-refractivity contribution in [2.75, 3.05) is 38.8 Å². The zero-order valence-corrected chi connectivity index (χ0v) is 13.6. The van der Waals surface area contributed by atoms with Crippen LogP contribution < -0.4 is 5.32 Å². The van der Waals surface area contributed by atoms with Gasteiger partial charge in [-0.3, -0.25) is 4.90 Å². The minimum atomic E-state index is -2.84. The molecule has 2 atom stereocenters. The van der Waals surface area contributed by atoms with Crippen molar-refractivity contribution in [2.45, 2.75) is 44.8 Å². The lowest BCUT2D eigenvalue weighted by atomic mass is 10.1. The summed E-state index contributed by atoms with van der Waals surface area (Å²) in [5, 5.41) is 3.46. The molecular formula is C13H28N2O3S. The smallest absolute Gasteiger partial charge is 0.151 e. The van der Waals surface area contributed by atoms with Crippen LogP contribution in [0.2, 0.25) is 0 Å². The van der Waals surface area contributed by atoms with Crippen molar-refractivity contribution in [3.8, 4) is 0 Å². The molecule has 1 heterocycles. The second-order valence-corrected chi connectivity index (χ2v) is 8.69. The van der Waals surface area contributed by atoms with Crippen molar-refractivity contribution in [3.63, 3.8) is 0 Å². The Balaban J connectivity index is 2.60. The van der Waals surface area contributed by atoms with Crippen LogP contribution in [0.4, 0.5) is 0 Å². The zero-order valence-electron chi connectivity index (χ0n) is 12.8. The number of ether oxygens (including phenoxy) is 1. The molecule has 5 nitrogen and oxygen atoms in total. The van der Waals surface area contributed by atoms with Gasteiger partial charge >= 0.3 is 0 Å². The highest BCUT2D eigenvalue weighted by Gasteiger charge is 2.33. The Morgan fingerprint density at radius 3 is 2.47 bits per heavy atom. The van der Waals surface area contributed by atoms with Gasteiger partial charge < -0.3 is 10.1 Å². The molecule has 0 bridgehead atoms. The Morgan fingerprint density at radius 1 is 1.42 bits per heavy atom. The summed E-state index contributed by atoms with van der Waals surface area (Å²) in [5.41, 5.74) is 0.0502. The number of likely N-dealkylation sites (N-methyl/N-ethyl adjacent to an activating group) is 1. The maximum Gasteiger partial charge on any atom is 0.151 e. The quantitative estimate of drug-likeness (QED) is 0.773. The van der Waals surface area contributed by atoms with E-state index in [0.717, 1.165) is 13.0 Å². The third-order valence-corrected chi connectivity index (χ3v) is 5.34. The predicted octanol–water partition coefficient (Wildman–Crippen LogP) is 0.508. The monoisotopic (exact) mass is 292 g/mol. The van der Waals surface area contributed by atoms with Crippen LogP contribution in [0, 0.1) is 0 Å². The van der Waals surface area contributed by atoms with E-state index >= 15 is 0 Å². The highest BCUT2D eigenvalue weighted by Crippen LogP contribution is 2.18. The first-order valence-electron chi connectivity index (χ1n) is 6.81. The fourth-order valence-electron chi connectivity index (χ4n) is 2.33. The Bertz CT molecular complexity index is 376. The molecule has 19 heavy (non-hydrogen) atoms. The molecule has 0 aromatic heterocycles. The first-order valence-corrected chi connectivity index (χ1v) is 8.63. The van der Waals surface area contributed by atoms with E-state index in [9.17, 15) is 8.42 Å². The van der Waals surface area contributed by atoms with Crippen molar-refractivity contribution in [1.29, 1.82) is 0 Å². The fraction of sp³-hybridized carbons (Fsp3) is 1.00. The van der Waals surface area contributed by atoms with Gasteiger partial charge in [-0.05, 0) is 34.2 Å². The number of sulfone groups is 1. The van der Waals surface area contributed by atoms with E-state index in [2.05, 4.69) is 31.0 Å². The maximum absolute atomic E-state index is 11.6. The average Bonchev–Trinajstić information content (AvgIpc) is 2.63. The number of methoxy groups -OCH3 is 1. The van der Waals surface area contributed by atoms with Gasteiger partial charge in [0.05, 0.1) is 18.1 Å². The highest BCUT2D eigenvalue weighted by atomic mass is 32.2. The van der Waals surface area contributed by atoms with Crippen LogP contribution in [0.5, 0.6) is 0 Å². The van der Waals surface area contributed by atoms with Crippen LogP contribution >= 0.6 is 0 Å². The van der Waals surface area contributed by atoms with E-state index in [1.54, 1.807) is 7.11 Å². The van der Waals surface area contributed by atoms with Gasteiger partial charge in [0.1, 0.15) is 0 Å². The third-order valence-electron chi connectivity index (χ3n) is 3.59. The van der Waals surface area contributed by atoms with E-state index in [4.69, 9.17) is 4.74 Å². The lowest BCUT2D eigenvalue weighted by Gasteiger charge is -2.34. The number of hydrogen-bond donors (Lipinski definition) is 1. The predicted molar refractivity (Wildman–Crippen MR) is 78.2 cm³/mol. The molecule has 114 valence electrons. The maximum atomic E-state index is 11.6. The van der Waals surface area contributed by atoms with Crippen LogP contribution in [0.25, 0.3) is 0 Å².